The molecule has 1 unspecified atom stereocenters. The van der Waals surface area contributed by atoms with E-state index in [2.05, 4.69) is 0 Å². The topological polar surface area (TPSA) is 20.2 Å². The van der Waals surface area contributed by atoms with Crippen LogP contribution >= 0.6 is 0 Å². The van der Waals surface area contributed by atoms with Crippen molar-refractivity contribution >= 4 is 0 Å². The van der Waals surface area contributed by atoms with Crippen molar-refractivity contribution in [3.8, 4) is 22.3 Å². The predicted octanol–water partition coefficient (Wildman–Crippen LogP) is 5.44. The number of aliphatic hydroxyl groups is 1. The summed E-state index contributed by atoms with van der Waals surface area (Å²) < 4.78 is 41.6. The first-order chi connectivity index (χ1) is 11.8. The molecule has 0 bridgehead atoms. The summed E-state index contributed by atoms with van der Waals surface area (Å²) in [4.78, 5) is 0. The van der Waals surface area contributed by atoms with Crippen molar-refractivity contribution in [2.75, 3.05) is 0 Å². The van der Waals surface area contributed by atoms with Crippen LogP contribution in [0.4, 0.5) is 13.2 Å². The van der Waals surface area contributed by atoms with Crippen LogP contribution < -0.4 is 0 Å². The maximum absolute atomic E-state index is 13.9. The Kier molecular flexibility index (Phi) is 3.31. The third-order valence-electron chi connectivity index (χ3n) is 4.88. The molecule has 1 aliphatic carbocycles. The van der Waals surface area contributed by atoms with Crippen LogP contribution in [-0.4, -0.2) is 11.3 Å². The second-order valence-corrected chi connectivity index (χ2v) is 6.33. The Labute approximate surface area is 143 Å². The lowest BCUT2D eigenvalue weighted by Gasteiger charge is -2.28. The number of halogens is 3. The predicted molar refractivity (Wildman–Crippen MR) is 91.1 cm³/mol. The number of aryl methyl sites for hydroxylation is 1. The van der Waals surface area contributed by atoms with Gasteiger partial charge in [-0.2, -0.15) is 13.2 Å². The summed E-state index contributed by atoms with van der Waals surface area (Å²) in [5.74, 6) is 0. The molecule has 0 aliphatic heterocycles. The summed E-state index contributed by atoms with van der Waals surface area (Å²) >= 11 is 0. The minimum atomic E-state index is -4.81. The van der Waals surface area contributed by atoms with E-state index in [1.807, 2.05) is 31.2 Å². The van der Waals surface area contributed by atoms with Crippen LogP contribution in [0.15, 0.2) is 66.7 Å². The molecule has 0 radical (unpaired) electrons. The Morgan fingerprint density at radius 3 is 2.04 bits per heavy atom. The van der Waals surface area contributed by atoms with Crippen molar-refractivity contribution in [3.63, 3.8) is 0 Å². The second-order valence-electron chi connectivity index (χ2n) is 6.33. The van der Waals surface area contributed by atoms with Crippen LogP contribution in [0.2, 0.25) is 0 Å². The fourth-order valence-electron chi connectivity index (χ4n) is 3.63. The Morgan fingerprint density at radius 1 is 0.760 bits per heavy atom. The van der Waals surface area contributed by atoms with E-state index in [9.17, 15) is 18.3 Å². The fraction of sp³-hybridized carbons (Fsp3) is 0.143. The molecule has 1 N–H and O–H groups in total. The first-order valence-electron chi connectivity index (χ1n) is 7.93. The van der Waals surface area contributed by atoms with Gasteiger partial charge in [-0.05, 0) is 40.8 Å². The molecule has 0 fully saturated rings. The van der Waals surface area contributed by atoms with E-state index in [0.717, 1.165) is 11.1 Å². The molecule has 3 aromatic rings. The molecule has 4 rings (SSSR count). The van der Waals surface area contributed by atoms with E-state index in [4.69, 9.17) is 0 Å². The van der Waals surface area contributed by atoms with Crippen LogP contribution in [0.3, 0.4) is 0 Å². The number of hydrogen-bond acceptors (Lipinski definition) is 1. The van der Waals surface area contributed by atoms with Gasteiger partial charge in [0.1, 0.15) is 0 Å². The molecule has 25 heavy (non-hydrogen) atoms. The van der Waals surface area contributed by atoms with Crippen molar-refractivity contribution in [3.05, 3.63) is 83.4 Å². The van der Waals surface area contributed by atoms with Gasteiger partial charge in [0.25, 0.3) is 0 Å². The van der Waals surface area contributed by atoms with Crippen LogP contribution in [0, 0.1) is 6.92 Å². The smallest absolute Gasteiger partial charge is 0.372 e. The van der Waals surface area contributed by atoms with Gasteiger partial charge in [0.05, 0.1) is 0 Å². The Balaban J connectivity index is 2.01. The minimum Gasteiger partial charge on any atom is -0.372 e. The van der Waals surface area contributed by atoms with Crippen LogP contribution in [0.1, 0.15) is 16.7 Å². The highest BCUT2D eigenvalue weighted by molar-refractivity contribution is 5.83. The molecule has 0 spiro atoms. The van der Waals surface area contributed by atoms with Crippen molar-refractivity contribution < 1.29 is 18.3 Å². The molecule has 1 nitrogen and oxygen atoms in total. The summed E-state index contributed by atoms with van der Waals surface area (Å²) in [5.41, 5.74) is 0.117. The van der Waals surface area contributed by atoms with Gasteiger partial charge in [0.15, 0.2) is 0 Å². The molecule has 1 aliphatic rings. The third-order valence-corrected chi connectivity index (χ3v) is 4.88. The van der Waals surface area contributed by atoms with Crippen molar-refractivity contribution in [2.24, 2.45) is 0 Å². The number of rotatable bonds is 1. The molecule has 3 aromatic carbocycles. The second kappa shape index (κ2) is 5.20. The zero-order chi connectivity index (χ0) is 17.8. The molecule has 0 saturated carbocycles. The lowest BCUT2D eigenvalue weighted by Crippen LogP contribution is -2.41. The van der Waals surface area contributed by atoms with Gasteiger partial charge in [0.2, 0.25) is 5.60 Å². The van der Waals surface area contributed by atoms with Crippen molar-refractivity contribution in [2.45, 2.75) is 18.7 Å². The first-order valence-corrected chi connectivity index (χ1v) is 7.93. The van der Waals surface area contributed by atoms with E-state index in [1.54, 1.807) is 24.3 Å². The molecule has 126 valence electrons. The van der Waals surface area contributed by atoms with E-state index in [-0.39, 0.29) is 11.1 Å². The molecule has 0 saturated heterocycles. The first kappa shape index (κ1) is 15.9. The van der Waals surface area contributed by atoms with Gasteiger partial charge < -0.3 is 5.11 Å². The number of benzene rings is 3. The molecule has 0 aromatic heterocycles. The van der Waals surface area contributed by atoms with Crippen LogP contribution in [-0.2, 0) is 5.60 Å². The van der Waals surface area contributed by atoms with Gasteiger partial charge >= 0.3 is 6.18 Å². The average Bonchev–Trinajstić information content (AvgIpc) is 2.85. The molecule has 4 heteroatoms. The zero-order valence-corrected chi connectivity index (χ0v) is 13.4. The maximum Gasteiger partial charge on any atom is 0.425 e. The highest BCUT2D eigenvalue weighted by atomic mass is 19.4. The molecule has 0 amide bonds. The summed E-state index contributed by atoms with van der Waals surface area (Å²) in [6.07, 6.45) is -4.81. The fourth-order valence-corrected chi connectivity index (χ4v) is 3.63. The third kappa shape index (κ3) is 2.14. The largest absolute Gasteiger partial charge is 0.425 e. The van der Waals surface area contributed by atoms with E-state index in [0.29, 0.717) is 16.7 Å². The van der Waals surface area contributed by atoms with E-state index >= 15 is 0 Å². The van der Waals surface area contributed by atoms with Gasteiger partial charge in [-0.1, -0.05) is 60.7 Å². The number of alkyl halides is 3. The molecule has 0 heterocycles. The zero-order valence-electron chi connectivity index (χ0n) is 13.4. The molecule has 1 atom stereocenters. The van der Waals surface area contributed by atoms with Gasteiger partial charge in [-0.15, -0.1) is 0 Å². The van der Waals surface area contributed by atoms with Crippen molar-refractivity contribution in [1.29, 1.82) is 0 Å². The monoisotopic (exact) mass is 340 g/mol. The Hall–Kier alpha value is -2.59. The SMILES string of the molecule is Cc1ccccc1-c1ccc2c(c1)C(O)(C(F)(F)F)c1ccccc1-2. The van der Waals surface area contributed by atoms with Gasteiger partial charge in [-0.3, -0.25) is 0 Å². The summed E-state index contributed by atoms with van der Waals surface area (Å²) in [6.45, 7) is 1.91. The van der Waals surface area contributed by atoms with E-state index in [1.165, 1.54) is 18.2 Å². The summed E-state index contributed by atoms with van der Waals surface area (Å²) in [7, 11) is 0. The quantitative estimate of drug-likeness (QED) is 0.625. The van der Waals surface area contributed by atoms with Gasteiger partial charge in [-0.25, -0.2) is 0 Å². The van der Waals surface area contributed by atoms with Crippen LogP contribution in [0.25, 0.3) is 22.3 Å². The molecular weight excluding hydrogens is 325 g/mol. The van der Waals surface area contributed by atoms with E-state index < -0.39 is 11.8 Å². The Bertz CT molecular complexity index is 975. The summed E-state index contributed by atoms with van der Waals surface area (Å²) in [6, 6.07) is 18.6. The normalized spacial score (nSPS) is 18.8. The lowest BCUT2D eigenvalue weighted by atomic mass is 9.88. The highest BCUT2D eigenvalue weighted by Crippen LogP contribution is 2.55. The highest BCUT2D eigenvalue weighted by Gasteiger charge is 2.60. The standard InChI is InChI=1S/C21H15F3O/c1-13-6-2-3-7-15(13)14-10-11-17-16-8-4-5-9-18(16)20(25,19(17)12-14)21(22,23)24/h2-12,25H,1H3. The Morgan fingerprint density at radius 2 is 1.36 bits per heavy atom. The number of fused-ring (bicyclic) bond motifs is 3. The lowest BCUT2D eigenvalue weighted by molar-refractivity contribution is -0.246. The maximum atomic E-state index is 13.9. The average molecular weight is 340 g/mol. The van der Waals surface area contributed by atoms with Crippen molar-refractivity contribution in [1.82, 2.24) is 0 Å². The van der Waals surface area contributed by atoms with Gasteiger partial charge in [0, 0.05) is 11.1 Å². The van der Waals surface area contributed by atoms with Crippen LogP contribution in [0.5, 0.6) is 0 Å². The summed E-state index contributed by atoms with van der Waals surface area (Å²) in [5, 5.41) is 10.7. The molecular formula is C21H15F3O. The number of hydrogen-bond donors (Lipinski definition) is 1. The minimum absolute atomic E-state index is 0.109.